The van der Waals surface area contributed by atoms with Crippen molar-refractivity contribution in [2.45, 2.75) is 6.10 Å². The van der Waals surface area contributed by atoms with E-state index in [1.54, 1.807) is 24.3 Å². The summed E-state index contributed by atoms with van der Waals surface area (Å²) in [6.45, 7) is 0.0340. The van der Waals surface area contributed by atoms with Crippen LogP contribution in [0.2, 0.25) is 5.02 Å². The molecule has 0 radical (unpaired) electrons. The fourth-order valence-corrected chi connectivity index (χ4v) is 1.41. The molecular formula is C12H11ClO3. The first-order chi connectivity index (χ1) is 7.69. The Morgan fingerprint density at radius 2 is 2.38 bits per heavy atom. The molecule has 0 amide bonds. The van der Waals surface area contributed by atoms with Gasteiger partial charge in [-0.25, -0.2) is 4.79 Å². The molecule has 84 valence electrons. The standard InChI is InChI=1S/C12H11ClO3/c1-3-7-16-11(12(14)15-2)9-5-4-6-10(13)8-9/h1,4-6,8,11H,7H2,2H3/t11-/m1/s1. The third kappa shape index (κ3) is 3.27. The Hall–Kier alpha value is -1.50. The van der Waals surface area contributed by atoms with E-state index in [4.69, 9.17) is 22.8 Å². The van der Waals surface area contributed by atoms with Gasteiger partial charge in [-0.3, -0.25) is 0 Å². The molecule has 0 unspecified atom stereocenters. The molecule has 0 heterocycles. The van der Waals surface area contributed by atoms with Crippen LogP contribution < -0.4 is 0 Å². The van der Waals surface area contributed by atoms with E-state index in [1.807, 2.05) is 0 Å². The van der Waals surface area contributed by atoms with Gasteiger partial charge >= 0.3 is 5.97 Å². The van der Waals surface area contributed by atoms with Gasteiger partial charge in [0.25, 0.3) is 0 Å². The van der Waals surface area contributed by atoms with Crippen molar-refractivity contribution in [3.05, 3.63) is 34.9 Å². The molecular weight excluding hydrogens is 228 g/mol. The lowest BCUT2D eigenvalue weighted by atomic mass is 10.1. The molecule has 0 spiro atoms. The number of rotatable bonds is 4. The molecule has 0 fully saturated rings. The van der Waals surface area contributed by atoms with Crippen LogP contribution in [0.5, 0.6) is 0 Å². The van der Waals surface area contributed by atoms with Crippen molar-refractivity contribution in [2.24, 2.45) is 0 Å². The SMILES string of the molecule is C#CCO[C@@H](C(=O)OC)c1cccc(Cl)c1. The predicted molar refractivity (Wildman–Crippen MR) is 61.0 cm³/mol. The molecule has 1 atom stereocenters. The van der Waals surface area contributed by atoms with Crippen molar-refractivity contribution in [1.29, 1.82) is 0 Å². The molecule has 1 aromatic rings. The molecule has 1 rings (SSSR count). The minimum atomic E-state index is -0.834. The maximum atomic E-state index is 11.5. The van der Waals surface area contributed by atoms with Crippen LogP contribution in [0.15, 0.2) is 24.3 Å². The van der Waals surface area contributed by atoms with Gasteiger partial charge in [-0.1, -0.05) is 29.7 Å². The number of hydrogen-bond donors (Lipinski definition) is 0. The molecule has 0 saturated heterocycles. The van der Waals surface area contributed by atoms with Gasteiger partial charge in [0.2, 0.25) is 0 Å². The highest BCUT2D eigenvalue weighted by atomic mass is 35.5. The van der Waals surface area contributed by atoms with Crippen molar-refractivity contribution >= 4 is 17.6 Å². The van der Waals surface area contributed by atoms with Crippen LogP contribution in [-0.4, -0.2) is 19.7 Å². The van der Waals surface area contributed by atoms with E-state index in [2.05, 4.69) is 10.7 Å². The third-order valence-electron chi connectivity index (χ3n) is 1.90. The Labute approximate surface area is 99.3 Å². The third-order valence-corrected chi connectivity index (χ3v) is 2.14. The molecule has 0 aliphatic rings. The molecule has 0 N–H and O–H groups in total. The van der Waals surface area contributed by atoms with Gasteiger partial charge in [0.1, 0.15) is 6.61 Å². The minimum absolute atomic E-state index is 0.0340. The number of esters is 1. The summed E-state index contributed by atoms with van der Waals surface area (Å²) >= 11 is 5.82. The normalized spacial score (nSPS) is 11.6. The summed E-state index contributed by atoms with van der Waals surface area (Å²) in [6.07, 6.45) is 4.24. The Morgan fingerprint density at radius 3 is 2.94 bits per heavy atom. The van der Waals surface area contributed by atoms with E-state index in [1.165, 1.54) is 7.11 Å². The number of benzene rings is 1. The first kappa shape index (κ1) is 12.6. The quantitative estimate of drug-likeness (QED) is 0.596. The van der Waals surface area contributed by atoms with Crippen molar-refractivity contribution in [2.75, 3.05) is 13.7 Å². The van der Waals surface area contributed by atoms with E-state index in [9.17, 15) is 4.79 Å². The molecule has 3 nitrogen and oxygen atoms in total. The van der Waals surface area contributed by atoms with E-state index < -0.39 is 12.1 Å². The summed E-state index contributed by atoms with van der Waals surface area (Å²) in [4.78, 5) is 11.5. The number of carbonyl (C=O) groups excluding carboxylic acids is 1. The lowest BCUT2D eigenvalue weighted by Gasteiger charge is -2.14. The molecule has 1 aromatic carbocycles. The highest BCUT2D eigenvalue weighted by molar-refractivity contribution is 6.30. The van der Waals surface area contributed by atoms with Crippen molar-refractivity contribution in [3.8, 4) is 12.3 Å². The van der Waals surface area contributed by atoms with Crippen LogP contribution in [0, 0.1) is 12.3 Å². The van der Waals surface area contributed by atoms with Crippen LogP contribution in [-0.2, 0) is 14.3 Å². The van der Waals surface area contributed by atoms with Gasteiger partial charge < -0.3 is 9.47 Å². The van der Waals surface area contributed by atoms with Gasteiger partial charge in [0.15, 0.2) is 6.10 Å². The molecule has 4 heteroatoms. The summed E-state index contributed by atoms with van der Waals surface area (Å²) in [5.74, 6) is 1.80. The van der Waals surface area contributed by atoms with Crippen LogP contribution >= 0.6 is 11.6 Å². The summed E-state index contributed by atoms with van der Waals surface area (Å²) in [6, 6.07) is 6.80. The van der Waals surface area contributed by atoms with Crippen molar-refractivity contribution < 1.29 is 14.3 Å². The number of carbonyl (C=O) groups is 1. The highest BCUT2D eigenvalue weighted by Crippen LogP contribution is 2.21. The Balaban J connectivity index is 2.92. The van der Waals surface area contributed by atoms with Crippen LogP contribution in [0.3, 0.4) is 0 Å². The second kappa shape index (κ2) is 6.16. The molecule has 0 aliphatic heterocycles. The van der Waals surface area contributed by atoms with Gasteiger partial charge in [0, 0.05) is 5.02 Å². The zero-order valence-electron chi connectivity index (χ0n) is 8.77. The monoisotopic (exact) mass is 238 g/mol. The maximum Gasteiger partial charge on any atom is 0.339 e. The largest absolute Gasteiger partial charge is 0.467 e. The Bertz CT molecular complexity index is 409. The Kier molecular flexibility index (Phi) is 4.84. The molecule has 16 heavy (non-hydrogen) atoms. The summed E-state index contributed by atoms with van der Waals surface area (Å²) in [5.41, 5.74) is 0.620. The molecule has 0 saturated carbocycles. The maximum absolute atomic E-state index is 11.5. The topological polar surface area (TPSA) is 35.5 Å². The smallest absolute Gasteiger partial charge is 0.339 e. The fraction of sp³-hybridized carbons (Fsp3) is 0.250. The van der Waals surface area contributed by atoms with E-state index in [0.29, 0.717) is 10.6 Å². The van der Waals surface area contributed by atoms with E-state index in [-0.39, 0.29) is 6.61 Å². The Morgan fingerprint density at radius 1 is 1.62 bits per heavy atom. The summed E-state index contributed by atoms with van der Waals surface area (Å²) in [5, 5.41) is 0.524. The molecule has 0 aromatic heterocycles. The van der Waals surface area contributed by atoms with Gasteiger partial charge in [-0.15, -0.1) is 6.42 Å². The van der Waals surface area contributed by atoms with Crippen LogP contribution in [0.1, 0.15) is 11.7 Å². The van der Waals surface area contributed by atoms with E-state index in [0.717, 1.165) is 0 Å². The van der Waals surface area contributed by atoms with E-state index >= 15 is 0 Å². The minimum Gasteiger partial charge on any atom is -0.467 e. The predicted octanol–water partition coefficient (Wildman–Crippen LogP) is 2.20. The lowest BCUT2D eigenvalue weighted by Crippen LogP contribution is -2.17. The van der Waals surface area contributed by atoms with Gasteiger partial charge in [-0.05, 0) is 17.7 Å². The average Bonchev–Trinajstić information content (AvgIpc) is 2.29. The van der Waals surface area contributed by atoms with Crippen molar-refractivity contribution in [1.82, 2.24) is 0 Å². The summed E-state index contributed by atoms with van der Waals surface area (Å²) < 4.78 is 9.84. The first-order valence-electron chi connectivity index (χ1n) is 4.57. The zero-order valence-corrected chi connectivity index (χ0v) is 9.53. The number of halogens is 1. The lowest BCUT2D eigenvalue weighted by molar-refractivity contribution is -0.153. The highest BCUT2D eigenvalue weighted by Gasteiger charge is 2.21. The number of methoxy groups -OCH3 is 1. The molecule has 0 bridgehead atoms. The fourth-order valence-electron chi connectivity index (χ4n) is 1.21. The number of terminal acetylenes is 1. The molecule has 0 aliphatic carbocycles. The second-order valence-electron chi connectivity index (χ2n) is 2.97. The number of hydrogen-bond acceptors (Lipinski definition) is 3. The van der Waals surface area contributed by atoms with Gasteiger partial charge in [0.05, 0.1) is 7.11 Å². The number of ether oxygens (including phenoxy) is 2. The first-order valence-corrected chi connectivity index (χ1v) is 4.95. The zero-order chi connectivity index (χ0) is 12.0. The van der Waals surface area contributed by atoms with Crippen LogP contribution in [0.4, 0.5) is 0 Å². The van der Waals surface area contributed by atoms with Gasteiger partial charge in [-0.2, -0.15) is 0 Å². The van der Waals surface area contributed by atoms with Crippen LogP contribution in [0.25, 0.3) is 0 Å². The van der Waals surface area contributed by atoms with Crippen molar-refractivity contribution in [3.63, 3.8) is 0 Å². The average molecular weight is 239 g/mol. The second-order valence-corrected chi connectivity index (χ2v) is 3.41. The summed E-state index contributed by atoms with van der Waals surface area (Å²) in [7, 11) is 1.29.